The molecule has 0 atom stereocenters. The van der Waals surface area contributed by atoms with Crippen LogP contribution in [-0.4, -0.2) is 15.0 Å². The third kappa shape index (κ3) is 3.08. The summed E-state index contributed by atoms with van der Waals surface area (Å²) in [5.74, 6) is 0. The lowest BCUT2D eigenvalue weighted by Gasteiger charge is -2.21. The second kappa shape index (κ2) is 8.08. The number of hydrogen-bond acceptors (Lipinski definition) is 4. The topological polar surface area (TPSA) is 55.7 Å². The van der Waals surface area contributed by atoms with Gasteiger partial charge in [-0.05, 0) is 18.2 Å². The molecule has 0 saturated carbocycles. The molecule has 0 radical (unpaired) electrons. The summed E-state index contributed by atoms with van der Waals surface area (Å²) in [7, 11) is -3.36. The number of hydrogen-bond donors (Lipinski definition) is 0. The zero-order chi connectivity index (χ0) is 24.1. The van der Waals surface area contributed by atoms with E-state index in [2.05, 4.69) is 29.2 Å². The molecule has 0 saturated heterocycles. The maximum atomic E-state index is 15.4. The van der Waals surface area contributed by atoms with Crippen LogP contribution < -0.4 is 16.0 Å². The van der Waals surface area contributed by atoms with Crippen molar-refractivity contribution in [3.8, 4) is 0 Å². The molecule has 0 fully saturated rings. The van der Waals surface area contributed by atoms with Crippen LogP contribution in [0.1, 0.15) is 0 Å². The van der Waals surface area contributed by atoms with E-state index in [1.165, 1.54) is 0 Å². The highest BCUT2D eigenvalue weighted by molar-refractivity contribution is 7.85. The van der Waals surface area contributed by atoms with Crippen LogP contribution in [0.4, 0.5) is 0 Å². The Labute approximate surface area is 207 Å². The minimum atomic E-state index is -3.36. The molecule has 4 nitrogen and oxygen atoms in total. The number of benzene rings is 4. The van der Waals surface area contributed by atoms with Crippen molar-refractivity contribution in [3.05, 3.63) is 121 Å². The predicted octanol–water partition coefficient (Wildman–Crippen LogP) is 6.12. The molecule has 4 aromatic carbocycles. The van der Waals surface area contributed by atoms with Crippen LogP contribution in [0.2, 0.25) is 0 Å². The van der Waals surface area contributed by atoms with Crippen molar-refractivity contribution in [1.82, 2.24) is 15.0 Å². The van der Waals surface area contributed by atoms with Gasteiger partial charge in [0.1, 0.15) is 11.0 Å². The van der Waals surface area contributed by atoms with Crippen LogP contribution in [0.3, 0.4) is 0 Å². The Hall–Kier alpha value is -4.40. The average Bonchev–Trinajstić information content (AvgIpc) is 2.96. The largest absolute Gasteiger partial charge is 0.307 e. The number of para-hydroxylation sites is 1. The van der Waals surface area contributed by atoms with Crippen LogP contribution in [-0.2, 0) is 4.57 Å². The highest BCUT2D eigenvalue weighted by Crippen LogP contribution is 2.44. The Balaban J connectivity index is 1.70. The van der Waals surface area contributed by atoms with Gasteiger partial charge >= 0.3 is 0 Å². The van der Waals surface area contributed by atoms with Crippen molar-refractivity contribution < 1.29 is 4.57 Å². The quantitative estimate of drug-likeness (QED) is 0.173. The van der Waals surface area contributed by atoms with Gasteiger partial charge in [0, 0.05) is 38.4 Å². The number of fused-ring (bicyclic) bond motifs is 6. The summed E-state index contributed by atoms with van der Waals surface area (Å²) in [5.41, 5.74) is 3.56. The van der Waals surface area contributed by atoms with Gasteiger partial charge in [-0.1, -0.05) is 97.1 Å². The number of aromatic nitrogens is 3. The second-order valence-electron chi connectivity index (χ2n) is 8.83. The predicted molar refractivity (Wildman–Crippen MR) is 149 cm³/mol. The van der Waals surface area contributed by atoms with E-state index in [1.807, 2.05) is 91.0 Å². The highest BCUT2D eigenvalue weighted by Gasteiger charge is 2.34. The zero-order valence-corrected chi connectivity index (χ0v) is 20.1. The van der Waals surface area contributed by atoms with E-state index in [9.17, 15) is 0 Å². The first-order valence-corrected chi connectivity index (χ1v) is 13.5. The fraction of sp³-hybridized carbons (Fsp3) is 0. The molecule has 5 heteroatoms. The van der Waals surface area contributed by atoms with Gasteiger partial charge in [-0.15, -0.1) is 0 Å². The first-order valence-electron chi connectivity index (χ1n) is 11.8. The first kappa shape index (κ1) is 20.9. The van der Waals surface area contributed by atoms with Gasteiger partial charge < -0.3 is 4.57 Å². The Kier molecular flexibility index (Phi) is 4.70. The molecular formula is C31H20N3OP. The molecule has 3 heterocycles. The van der Waals surface area contributed by atoms with Crippen molar-refractivity contribution >= 4 is 66.8 Å². The summed E-state index contributed by atoms with van der Waals surface area (Å²) in [5, 5.41) is 5.40. The van der Waals surface area contributed by atoms with Crippen molar-refractivity contribution in [2.24, 2.45) is 0 Å². The van der Waals surface area contributed by atoms with Crippen LogP contribution >= 0.6 is 7.14 Å². The lowest BCUT2D eigenvalue weighted by molar-refractivity contribution is 0.592. The average molecular weight is 481 g/mol. The molecule has 0 N–H and O–H groups in total. The van der Waals surface area contributed by atoms with Crippen LogP contribution in [0.15, 0.2) is 121 Å². The molecule has 0 aliphatic carbocycles. The Morgan fingerprint density at radius 2 is 1.19 bits per heavy atom. The lowest BCUT2D eigenvalue weighted by atomic mass is 10.1. The number of pyridine rings is 3. The molecular weight excluding hydrogens is 461 g/mol. The van der Waals surface area contributed by atoms with Gasteiger partial charge in [0.05, 0.1) is 16.6 Å². The summed E-state index contributed by atoms with van der Waals surface area (Å²) in [6.07, 6.45) is 1.78. The second-order valence-corrected chi connectivity index (χ2v) is 11.5. The molecule has 0 aliphatic heterocycles. The molecule has 0 unspecified atom stereocenters. The molecule has 7 rings (SSSR count). The molecule has 0 spiro atoms. The summed E-state index contributed by atoms with van der Waals surface area (Å²) in [6, 6.07) is 37.5. The number of rotatable bonds is 3. The number of nitrogens with zero attached hydrogens (tertiary/aromatic N) is 3. The van der Waals surface area contributed by atoms with E-state index < -0.39 is 7.14 Å². The van der Waals surface area contributed by atoms with E-state index in [0.717, 1.165) is 48.7 Å². The SMILES string of the molecule is O=P(c1ccccc1)(c1ccccc1)c1nc2ccccc2c2cc3ccc4cccnc4c3nc12. The van der Waals surface area contributed by atoms with Crippen molar-refractivity contribution in [3.63, 3.8) is 0 Å². The molecule has 3 aromatic heterocycles. The fourth-order valence-corrected chi connectivity index (χ4v) is 7.69. The monoisotopic (exact) mass is 481 g/mol. The zero-order valence-electron chi connectivity index (χ0n) is 19.2. The summed E-state index contributed by atoms with van der Waals surface area (Å²) < 4.78 is 15.4. The van der Waals surface area contributed by atoms with Gasteiger partial charge in [-0.25, -0.2) is 9.97 Å². The standard InChI is InChI=1S/C31H20N3OP/c35-36(23-11-3-1-4-12-23,24-13-5-2-6-14-24)31-30-26(25-15-7-8-16-27(25)33-31)20-22-18-17-21-10-9-19-32-28(21)29(22)34-30/h1-20H. The minimum Gasteiger partial charge on any atom is -0.307 e. The van der Waals surface area contributed by atoms with E-state index >= 15 is 4.57 Å². The van der Waals surface area contributed by atoms with Crippen LogP contribution in [0.5, 0.6) is 0 Å². The van der Waals surface area contributed by atoms with Gasteiger partial charge in [0.15, 0.2) is 7.14 Å². The van der Waals surface area contributed by atoms with Crippen LogP contribution in [0, 0.1) is 0 Å². The third-order valence-corrected chi connectivity index (χ3v) is 9.69. The van der Waals surface area contributed by atoms with Gasteiger partial charge in [-0.2, -0.15) is 0 Å². The first-order chi connectivity index (χ1) is 17.7. The van der Waals surface area contributed by atoms with Crippen molar-refractivity contribution in [1.29, 1.82) is 0 Å². The summed E-state index contributed by atoms with van der Waals surface area (Å²) in [4.78, 5) is 14.9. The summed E-state index contributed by atoms with van der Waals surface area (Å²) in [6.45, 7) is 0. The molecule has 36 heavy (non-hydrogen) atoms. The fourth-order valence-electron chi connectivity index (χ4n) is 5.01. The smallest absolute Gasteiger partial charge is 0.190 e. The molecule has 170 valence electrons. The Morgan fingerprint density at radius 1 is 0.528 bits per heavy atom. The molecule has 0 aliphatic rings. The highest BCUT2D eigenvalue weighted by atomic mass is 31.2. The Morgan fingerprint density at radius 3 is 1.94 bits per heavy atom. The van der Waals surface area contributed by atoms with Gasteiger partial charge in [0.25, 0.3) is 0 Å². The van der Waals surface area contributed by atoms with E-state index in [1.54, 1.807) is 6.20 Å². The Bertz CT molecular complexity index is 1930. The van der Waals surface area contributed by atoms with E-state index in [4.69, 9.17) is 9.97 Å². The molecule has 0 amide bonds. The third-order valence-electron chi connectivity index (χ3n) is 6.73. The maximum absolute atomic E-state index is 15.4. The summed E-state index contributed by atoms with van der Waals surface area (Å²) >= 11 is 0. The van der Waals surface area contributed by atoms with E-state index in [-0.39, 0.29) is 0 Å². The molecule has 7 aromatic rings. The molecule has 0 bridgehead atoms. The van der Waals surface area contributed by atoms with Crippen molar-refractivity contribution in [2.75, 3.05) is 0 Å². The minimum absolute atomic E-state index is 0.503. The normalized spacial score (nSPS) is 12.0. The van der Waals surface area contributed by atoms with Crippen molar-refractivity contribution in [2.45, 2.75) is 0 Å². The van der Waals surface area contributed by atoms with Crippen LogP contribution in [0.25, 0.3) is 43.6 Å². The maximum Gasteiger partial charge on any atom is 0.190 e. The lowest BCUT2D eigenvalue weighted by Crippen LogP contribution is -2.28. The van der Waals surface area contributed by atoms with E-state index in [0.29, 0.717) is 11.0 Å². The van der Waals surface area contributed by atoms with Gasteiger partial charge in [0.2, 0.25) is 0 Å². The van der Waals surface area contributed by atoms with Gasteiger partial charge in [-0.3, -0.25) is 4.98 Å².